The van der Waals surface area contributed by atoms with Gasteiger partial charge in [0, 0.05) is 25.3 Å². The van der Waals surface area contributed by atoms with Crippen LogP contribution in [0.2, 0.25) is 0 Å². The van der Waals surface area contributed by atoms with Crippen molar-refractivity contribution in [1.29, 1.82) is 0 Å². The summed E-state index contributed by atoms with van der Waals surface area (Å²) in [7, 11) is 1.65. The minimum absolute atomic E-state index is 0. The highest BCUT2D eigenvalue weighted by molar-refractivity contribution is 14.0. The Bertz CT molecular complexity index is 784. The number of hydrogen-bond donors (Lipinski definition) is 2. The molecule has 1 fully saturated rings. The van der Waals surface area contributed by atoms with Crippen molar-refractivity contribution in [1.82, 2.24) is 4.90 Å². The predicted octanol–water partition coefficient (Wildman–Crippen LogP) is 4.72. The number of hydrogen-bond acceptors (Lipinski definition) is 3. The maximum absolute atomic E-state index is 6.09. The van der Waals surface area contributed by atoms with Crippen LogP contribution in [0.5, 0.6) is 5.75 Å². The molecule has 0 spiro atoms. The highest BCUT2D eigenvalue weighted by atomic mass is 127. The van der Waals surface area contributed by atoms with E-state index >= 15 is 0 Å². The lowest BCUT2D eigenvalue weighted by atomic mass is 9.91. The number of aliphatic imine (C=N–C) groups is 1. The molecule has 0 amide bonds. The van der Waals surface area contributed by atoms with Crippen LogP contribution in [-0.2, 0) is 13.1 Å². The van der Waals surface area contributed by atoms with Gasteiger partial charge in [-0.25, -0.2) is 4.99 Å². The predicted molar refractivity (Wildman–Crippen MR) is 132 cm³/mol. The van der Waals surface area contributed by atoms with E-state index in [1.54, 1.807) is 7.11 Å². The van der Waals surface area contributed by atoms with Crippen LogP contribution in [0.15, 0.2) is 53.5 Å². The normalized spacial score (nSPS) is 20.0. The smallest absolute Gasteiger partial charge is 0.193 e. The number of nitrogens with zero attached hydrogens (tertiary/aromatic N) is 2. The molecule has 1 saturated heterocycles. The summed E-state index contributed by atoms with van der Waals surface area (Å²) in [6.07, 6.45) is 1.33. The van der Waals surface area contributed by atoms with Crippen LogP contribution in [0.4, 0.5) is 5.69 Å². The molecule has 2 aromatic carbocycles. The molecule has 1 heterocycles. The second kappa shape index (κ2) is 11.4. The molecule has 2 unspecified atom stereocenters. The Morgan fingerprint density at radius 1 is 1.07 bits per heavy atom. The molecule has 1 aliphatic rings. The first kappa shape index (κ1) is 23.5. The van der Waals surface area contributed by atoms with Crippen molar-refractivity contribution in [2.24, 2.45) is 22.6 Å². The van der Waals surface area contributed by atoms with Gasteiger partial charge in [0.05, 0.1) is 13.7 Å². The monoisotopic (exact) mass is 508 g/mol. The maximum atomic E-state index is 6.09. The molecule has 0 aliphatic carbocycles. The Morgan fingerprint density at radius 3 is 2.31 bits per heavy atom. The molecule has 29 heavy (non-hydrogen) atoms. The number of piperidine rings is 1. The number of ether oxygens (including phenoxy) is 1. The van der Waals surface area contributed by atoms with Crippen molar-refractivity contribution in [3.63, 3.8) is 0 Å². The average molecular weight is 508 g/mol. The molecule has 0 radical (unpaired) electrons. The van der Waals surface area contributed by atoms with Gasteiger partial charge in [-0.2, -0.15) is 0 Å². The van der Waals surface area contributed by atoms with E-state index in [-0.39, 0.29) is 24.0 Å². The Balaban J connectivity index is 0.00000300. The third-order valence-corrected chi connectivity index (χ3v) is 5.24. The van der Waals surface area contributed by atoms with E-state index in [2.05, 4.69) is 53.3 Å². The van der Waals surface area contributed by atoms with Gasteiger partial charge in [0.2, 0.25) is 0 Å². The minimum Gasteiger partial charge on any atom is -0.497 e. The van der Waals surface area contributed by atoms with E-state index in [0.29, 0.717) is 12.5 Å². The van der Waals surface area contributed by atoms with Gasteiger partial charge in [-0.3, -0.25) is 4.90 Å². The largest absolute Gasteiger partial charge is 0.497 e. The number of guanidine groups is 1. The first-order valence-electron chi connectivity index (χ1n) is 10.0. The van der Waals surface area contributed by atoms with Crippen molar-refractivity contribution in [3.05, 3.63) is 59.7 Å². The molecule has 3 N–H and O–H groups in total. The zero-order valence-corrected chi connectivity index (χ0v) is 19.9. The van der Waals surface area contributed by atoms with Crippen LogP contribution in [0.3, 0.4) is 0 Å². The number of halogens is 1. The molecule has 3 rings (SSSR count). The summed E-state index contributed by atoms with van der Waals surface area (Å²) in [6, 6.07) is 16.2. The zero-order valence-electron chi connectivity index (χ0n) is 17.6. The number of nitrogens with two attached hydrogens (primary N) is 1. The molecular weight excluding hydrogens is 475 g/mol. The van der Waals surface area contributed by atoms with E-state index in [1.807, 2.05) is 24.3 Å². The fourth-order valence-electron chi connectivity index (χ4n) is 4.06. The van der Waals surface area contributed by atoms with E-state index in [1.165, 1.54) is 30.6 Å². The Kier molecular flexibility index (Phi) is 9.23. The van der Waals surface area contributed by atoms with Gasteiger partial charge in [-0.15, -0.1) is 24.0 Å². The van der Waals surface area contributed by atoms with E-state index in [9.17, 15) is 0 Å². The van der Waals surface area contributed by atoms with Crippen LogP contribution in [0.25, 0.3) is 0 Å². The number of nitrogens with one attached hydrogen (secondary N) is 1. The van der Waals surface area contributed by atoms with Gasteiger partial charge in [0.1, 0.15) is 5.75 Å². The molecule has 2 aromatic rings. The second-order valence-electron chi connectivity index (χ2n) is 7.96. The molecule has 0 bridgehead atoms. The van der Waals surface area contributed by atoms with Gasteiger partial charge < -0.3 is 15.8 Å². The van der Waals surface area contributed by atoms with Crippen LogP contribution in [0, 0.1) is 11.8 Å². The quantitative estimate of drug-likeness (QED) is 0.337. The number of methoxy groups -OCH3 is 1. The lowest BCUT2D eigenvalue weighted by Crippen LogP contribution is -2.38. The van der Waals surface area contributed by atoms with Crippen molar-refractivity contribution < 1.29 is 4.74 Å². The Labute approximate surface area is 191 Å². The van der Waals surface area contributed by atoms with Crippen molar-refractivity contribution in [2.75, 3.05) is 25.5 Å². The first-order valence-corrected chi connectivity index (χ1v) is 10.0. The Hall–Kier alpha value is -1.80. The standard InChI is InChI=1S/C23H32N4O.HI/c1-17-12-18(2)15-27(14-17)16-20-7-5-4-6-19(20)13-25-23(24)26-21-8-10-22(28-3)11-9-21;/h4-11,17-18H,12-16H2,1-3H3,(H3,24,25,26);1H. The number of rotatable bonds is 6. The van der Waals surface area contributed by atoms with Gasteiger partial charge in [-0.1, -0.05) is 38.1 Å². The van der Waals surface area contributed by atoms with Gasteiger partial charge >= 0.3 is 0 Å². The molecule has 5 nitrogen and oxygen atoms in total. The third kappa shape index (κ3) is 7.19. The first-order chi connectivity index (χ1) is 13.5. The van der Waals surface area contributed by atoms with Crippen LogP contribution >= 0.6 is 24.0 Å². The summed E-state index contributed by atoms with van der Waals surface area (Å²) in [5, 5.41) is 3.14. The fraction of sp³-hybridized carbons (Fsp3) is 0.435. The van der Waals surface area contributed by atoms with Gasteiger partial charge in [0.25, 0.3) is 0 Å². The summed E-state index contributed by atoms with van der Waals surface area (Å²) < 4.78 is 5.17. The molecule has 0 aromatic heterocycles. The van der Waals surface area contributed by atoms with Crippen molar-refractivity contribution in [3.8, 4) is 5.75 Å². The SMILES string of the molecule is COc1ccc(NC(N)=NCc2ccccc2CN2CC(C)CC(C)C2)cc1.I. The molecule has 6 heteroatoms. The molecule has 2 atom stereocenters. The molecular formula is C23H33IN4O. The summed E-state index contributed by atoms with van der Waals surface area (Å²) in [6.45, 7) is 8.59. The van der Waals surface area contributed by atoms with Crippen LogP contribution in [-0.4, -0.2) is 31.1 Å². The summed E-state index contributed by atoms with van der Waals surface area (Å²) in [4.78, 5) is 7.12. The second-order valence-corrected chi connectivity index (χ2v) is 7.96. The van der Waals surface area contributed by atoms with Gasteiger partial charge in [0.15, 0.2) is 5.96 Å². The highest BCUT2D eigenvalue weighted by Gasteiger charge is 2.22. The summed E-state index contributed by atoms with van der Waals surface area (Å²) in [5.74, 6) is 2.76. The fourth-order valence-corrected chi connectivity index (χ4v) is 4.06. The lowest BCUT2D eigenvalue weighted by Gasteiger charge is -2.35. The van der Waals surface area contributed by atoms with E-state index < -0.39 is 0 Å². The third-order valence-electron chi connectivity index (χ3n) is 5.24. The highest BCUT2D eigenvalue weighted by Crippen LogP contribution is 2.23. The van der Waals surface area contributed by atoms with Crippen LogP contribution < -0.4 is 15.8 Å². The molecule has 1 aliphatic heterocycles. The molecule has 0 saturated carbocycles. The summed E-state index contributed by atoms with van der Waals surface area (Å²) >= 11 is 0. The zero-order chi connectivity index (χ0) is 19.9. The van der Waals surface area contributed by atoms with Gasteiger partial charge in [-0.05, 0) is 53.6 Å². The lowest BCUT2D eigenvalue weighted by molar-refractivity contribution is 0.134. The van der Waals surface area contributed by atoms with E-state index in [0.717, 1.165) is 29.8 Å². The van der Waals surface area contributed by atoms with Crippen LogP contribution in [0.1, 0.15) is 31.4 Å². The van der Waals surface area contributed by atoms with Crippen molar-refractivity contribution >= 4 is 35.6 Å². The molecule has 158 valence electrons. The Morgan fingerprint density at radius 2 is 1.69 bits per heavy atom. The maximum Gasteiger partial charge on any atom is 0.193 e. The van der Waals surface area contributed by atoms with Crippen molar-refractivity contribution in [2.45, 2.75) is 33.4 Å². The minimum atomic E-state index is 0. The summed E-state index contributed by atoms with van der Waals surface area (Å²) in [5.41, 5.74) is 9.55. The number of anilines is 1. The van der Waals surface area contributed by atoms with E-state index in [4.69, 9.17) is 10.5 Å². The number of benzene rings is 2. The topological polar surface area (TPSA) is 62.9 Å². The number of likely N-dealkylation sites (tertiary alicyclic amines) is 1. The average Bonchev–Trinajstić information content (AvgIpc) is 2.67.